The first-order chi connectivity index (χ1) is 8.65. The van der Waals surface area contributed by atoms with E-state index in [-0.39, 0.29) is 12.5 Å². The van der Waals surface area contributed by atoms with Crippen LogP contribution in [0.5, 0.6) is 11.5 Å². The van der Waals surface area contributed by atoms with E-state index in [0.29, 0.717) is 6.10 Å². The highest BCUT2D eigenvalue weighted by molar-refractivity contribution is 9.10. The molecule has 1 N–H and O–H groups in total. The summed E-state index contributed by atoms with van der Waals surface area (Å²) in [6.45, 7) is 2.08. The van der Waals surface area contributed by atoms with Gasteiger partial charge in [-0.15, -0.1) is 0 Å². The Morgan fingerprint density at radius 3 is 2.67 bits per heavy atom. The fraction of sp³-hybridized carbons (Fsp3) is 0.571. The molecule has 0 spiro atoms. The van der Waals surface area contributed by atoms with Crippen molar-refractivity contribution in [3.05, 3.63) is 22.2 Å². The van der Waals surface area contributed by atoms with Crippen molar-refractivity contribution >= 4 is 15.9 Å². The summed E-state index contributed by atoms with van der Waals surface area (Å²) in [5.74, 6) is 1.55. The van der Waals surface area contributed by atoms with Crippen LogP contribution in [0.1, 0.15) is 37.7 Å². The molecule has 1 atom stereocenters. The van der Waals surface area contributed by atoms with Crippen molar-refractivity contribution < 1.29 is 14.6 Å². The Morgan fingerprint density at radius 2 is 2.17 bits per heavy atom. The summed E-state index contributed by atoms with van der Waals surface area (Å²) >= 11 is 3.47. The zero-order chi connectivity index (χ0) is 13.1. The van der Waals surface area contributed by atoms with Crippen molar-refractivity contribution in [2.45, 2.75) is 38.2 Å². The maximum absolute atomic E-state index is 9.36. The molecule has 0 aromatic heterocycles. The van der Waals surface area contributed by atoms with Gasteiger partial charge < -0.3 is 14.6 Å². The molecule has 1 aromatic rings. The SMILES string of the molecule is COc1cc(Br)cc(C(C)CO)c1OC1CCC1. The topological polar surface area (TPSA) is 38.7 Å². The normalized spacial score (nSPS) is 17.1. The minimum absolute atomic E-state index is 0.0338. The molecular weight excluding hydrogens is 296 g/mol. The third-order valence-corrected chi connectivity index (χ3v) is 3.87. The van der Waals surface area contributed by atoms with Crippen LogP contribution in [0, 0.1) is 0 Å². The number of halogens is 1. The molecule has 1 aliphatic carbocycles. The van der Waals surface area contributed by atoms with Crippen LogP contribution in [0.2, 0.25) is 0 Å². The molecule has 2 rings (SSSR count). The van der Waals surface area contributed by atoms with E-state index < -0.39 is 0 Å². The van der Waals surface area contributed by atoms with E-state index in [4.69, 9.17) is 9.47 Å². The highest BCUT2D eigenvalue weighted by atomic mass is 79.9. The van der Waals surface area contributed by atoms with Gasteiger partial charge in [0.05, 0.1) is 13.2 Å². The molecule has 1 saturated carbocycles. The average molecular weight is 315 g/mol. The van der Waals surface area contributed by atoms with Crippen molar-refractivity contribution in [3.8, 4) is 11.5 Å². The van der Waals surface area contributed by atoms with Gasteiger partial charge in [-0.1, -0.05) is 22.9 Å². The van der Waals surface area contributed by atoms with E-state index in [1.165, 1.54) is 6.42 Å². The summed E-state index contributed by atoms with van der Waals surface area (Å²) in [6.07, 6.45) is 3.73. The van der Waals surface area contributed by atoms with Crippen LogP contribution in [0.4, 0.5) is 0 Å². The molecule has 0 bridgehead atoms. The monoisotopic (exact) mass is 314 g/mol. The zero-order valence-electron chi connectivity index (χ0n) is 10.8. The van der Waals surface area contributed by atoms with Crippen LogP contribution in [0.3, 0.4) is 0 Å². The summed E-state index contributed by atoms with van der Waals surface area (Å²) in [7, 11) is 1.64. The summed E-state index contributed by atoms with van der Waals surface area (Å²) in [4.78, 5) is 0. The summed E-state index contributed by atoms with van der Waals surface area (Å²) in [6, 6.07) is 3.90. The fourth-order valence-electron chi connectivity index (χ4n) is 1.99. The Bertz CT molecular complexity index is 416. The van der Waals surface area contributed by atoms with Crippen LogP contribution >= 0.6 is 15.9 Å². The lowest BCUT2D eigenvalue weighted by Crippen LogP contribution is -2.25. The maximum Gasteiger partial charge on any atom is 0.165 e. The highest BCUT2D eigenvalue weighted by Crippen LogP contribution is 2.41. The third-order valence-electron chi connectivity index (χ3n) is 3.41. The van der Waals surface area contributed by atoms with Crippen molar-refractivity contribution in [2.75, 3.05) is 13.7 Å². The van der Waals surface area contributed by atoms with Gasteiger partial charge in [-0.25, -0.2) is 0 Å². The van der Waals surface area contributed by atoms with Gasteiger partial charge in [0.15, 0.2) is 11.5 Å². The fourth-order valence-corrected chi connectivity index (χ4v) is 2.44. The van der Waals surface area contributed by atoms with Gasteiger partial charge in [-0.05, 0) is 31.4 Å². The predicted molar refractivity (Wildman–Crippen MR) is 74.5 cm³/mol. The molecule has 0 amide bonds. The lowest BCUT2D eigenvalue weighted by Gasteiger charge is -2.29. The predicted octanol–water partition coefficient (Wildman–Crippen LogP) is 3.48. The number of hydrogen-bond donors (Lipinski definition) is 1. The molecule has 3 nitrogen and oxygen atoms in total. The Hall–Kier alpha value is -0.740. The van der Waals surface area contributed by atoms with E-state index in [1.54, 1.807) is 7.11 Å². The van der Waals surface area contributed by atoms with Crippen LogP contribution in [0.15, 0.2) is 16.6 Å². The number of rotatable bonds is 5. The van der Waals surface area contributed by atoms with Gasteiger partial charge in [0.1, 0.15) is 0 Å². The average Bonchev–Trinajstić information content (AvgIpc) is 2.32. The van der Waals surface area contributed by atoms with Gasteiger partial charge in [-0.2, -0.15) is 0 Å². The van der Waals surface area contributed by atoms with E-state index in [9.17, 15) is 5.11 Å². The van der Waals surface area contributed by atoms with Gasteiger partial charge in [0.2, 0.25) is 0 Å². The molecule has 18 heavy (non-hydrogen) atoms. The van der Waals surface area contributed by atoms with Crippen LogP contribution < -0.4 is 9.47 Å². The molecule has 1 fully saturated rings. The molecule has 0 heterocycles. The lowest BCUT2D eigenvalue weighted by molar-refractivity contribution is 0.113. The second-order valence-corrected chi connectivity index (χ2v) is 5.70. The first-order valence-electron chi connectivity index (χ1n) is 6.30. The highest BCUT2D eigenvalue weighted by Gasteiger charge is 2.24. The van der Waals surface area contributed by atoms with Gasteiger partial charge in [-0.3, -0.25) is 0 Å². The second-order valence-electron chi connectivity index (χ2n) is 4.78. The van der Waals surface area contributed by atoms with E-state index in [0.717, 1.165) is 34.4 Å². The van der Waals surface area contributed by atoms with E-state index in [1.807, 2.05) is 19.1 Å². The smallest absolute Gasteiger partial charge is 0.165 e. The first kappa shape index (κ1) is 13.7. The maximum atomic E-state index is 9.36. The van der Waals surface area contributed by atoms with Gasteiger partial charge in [0.25, 0.3) is 0 Å². The standard InChI is InChI=1S/C14H19BrO3/c1-9(8-16)12-6-10(15)7-13(17-2)14(12)18-11-4-3-5-11/h6-7,9,11,16H,3-5,8H2,1-2H3. The summed E-state index contributed by atoms with van der Waals surface area (Å²) in [5.41, 5.74) is 0.996. The molecule has 0 aliphatic heterocycles. The zero-order valence-corrected chi connectivity index (χ0v) is 12.4. The Labute approximate surface area is 116 Å². The quantitative estimate of drug-likeness (QED) is 0.904. The number of methoxy groups -OCH3 is 1. The van der Waals surface area contributed by atoms with E-state index in [2.05, 4.69) is 15.9 Å². The number of ether oxygens (including phenoxy) is 2. The molecular formula is C14H19BrO3. The number of aliphatic hydroxyl groups excluding tert-OH is 1. The number of aliphatic hydroxyl groups is 1. The first-order valence-corrected chi connectivity index (χ1v) is 7.10. The Kier molecular flexibility index (Phi) is 4.51. The van der Waals surface area contributed by atoms with Crippen molar-refractivity contribution in [1.29, 1.82) is 0 Å². The third kappa shape index (κ3) is 2.81. The Balaban J connectivity index is 2.36. The molecule has 1 aliphatic rings. The lowest BCUT2D eigenvalue weighted by atomic mass is 9.95. The molecule has 100 valence electrons. The van der Waals surface area contributed by atoms with E-state index >= 15 is 0 Å². The van der Waals surface area contributed by atoms with Crippen LogP contribution in [0.25, 0.3) is 0 Å². The summed E-state index contributed by atoms with van der Waals surface area (Å²) in [5, 5.41) is 9.36. The van der Waals surface area contributed by atoms with Gasteiger partial charge >= 0.3 is 0 Å². The van der Waals surface area contributed by atoms with Gasteiger partial charge in [0, 0.05) is 22.6 Å². The number of benzene rings is 1. The van der Waals surface area contributed by atoms with Crippen molar-refractivity contribution in [2.24, 2.45) is 0 Å². The van der Waals surface area contributed by atoms with Crippen LogP contribution in [-0.4, -0.2) is 24.9 Å². The molecule has 0 saturated heterocycles. The minimum atomic E-state index is 0.0338. The van der Waals surface area contributed by atoms with Crippen molar-refractivity contribution in [1.82, 2.24) is 0 Å². The molecule has 0 radical (unpaired) electrons. The number of hydrogen-bond acceptors (Lipinski definition) is 3. The minimum Gasteiger partial charge on any atom is -0.493 e. The van der Waals surface area contributed by atoms with Crippen molar-refractivity contribution in [3.63, 3.8) is 0 Å². The molecule has 1 aromatic carbocycles. The Morgan fingerprint density at radius 1 is 1.44 bits per heavy atom. The van der Waals surface area contributed by atoms with Crippen LogP contribution in [-0.2, 0) is 0 Å². The summed E-state index contributed by atoms with van der Waals surface area (Å²) < 4.78 is 12.4. The molecule has 1 unspecified atom stereocenters. The second kappa shape index (κ2) is 5.93. The largest absolute Gasteiger partial charge is 0.493 e. The molecule has 4 heteroatoms.